The van der Waals surface area contributed by atoms with Gasteiger partial charge in [-0.25, -0.2) is 5.10 Å². The van der Waals surface area contributed by atoms with Crippen LogP contribution >= 0.6 is 15.9 Å². The maximum atomic E-state index is 12.4. The van der Waals surface area contributed by atoms with Crippen molar-refractivity contribution in [2.24, 2.45) is 0 Å². The Morgan fingerprint density at radius 1 is 1.25 bits per heavy atom. The molecule has 104 valence electrons. The number of aromatic nitrogens is 3. The second-order valence-electron chi connectivity index (χ2n) is 4.60. The van der Waals surface area contributed by atoms with Crippen LogP contribution in [0.15, 0.2) is 35.1 Å². The Bertz CT molecular complexity index is 593. The molecular weight excluding hydrogens is 322 g/mol. The molecule has 1 aromatic carbocycles. The number of hydrogen-bond acceptors (Lipinski definition) is 4. The monoisotopic (exact) mass is 335 g/mol. The zero-order valence-corrected chi connectivity index (χ0v) is 12.4. The average molecular weight is 336 g/mol. The van der Waals surface area contributed by atoms with Gasteiger partial charge in [0.2, 0.25) is 5.95 Å². The summed E-state index contributed by atoms with van der Waals surface area (Å²) in [5.41, 5.74) is 0.715. The van der Waals surface area contributed by atoms with E-state index in [0.29, 0.717) is 18.7 Å². The molecule has 0 spiro atoms. The molecule has 0 radical (unpaired) electrons. The van der Waals surface area contributed by atoms with Gasteiger partial charge in [-0.1, -0.05) is 22.0 Å². The number of hydrogen-bond donors (Lipinski definition) is 1. The summed E-state index contributed by atoms with van der Waals surface area (Å²) >= 11 is 3.39. The molecule has 6 nitrogen and oxygen atoms in total. The van der Waals surface area contributed by atoms with E-state index in [0.717, 1.165) is 23.5 Å². The van der Waals surface area contributed by atoms with Gasteiger partial charge in [-0.15, -0.1) is 0 Å². The van der Waals surface area contributed by atoms with Gasteiger partial charge in [-0.05, 0) is 18.2 Å². The number of benzene rings is 1. The first kappa shape index (κ1) is 13.1. The van der Waals surface area contributed by atoms with Crippen LogP contribution in [-0.4, -0.2) is 52.2 Å². The van der Waals surface area contributed by atoms with Crippen LogP contribution in [0.25, 0.3) is 0 Å². The molecule has 0 aliphatic carbocycles. The van der Waals surface area contributed by atoms with Crippen molar-refractivity contribution in [3.05, 3.63) is 40.6 Å². The van der Waals surface area contributed by atoms with Crippen molar-refractivity contribution in [3.63, 3.8) is 0 Å². The van der Waals surface area contributed by atoms with Gasteiger partial charge in [0.15, 0.2) is 0 Å². The van der Waals surface area contributed by atoms with Gasteiger partial charge in [0, 0.05) is 36.2 Å². The third-order valence-corrected chi connectivity index (χ3v) is 3.83. The molecule has 7 heteroatoms. The van der Waals surface area contributed by atoms with Gasteiger partial charge >= 0.3 is 0 Å². The van der Waals surface area contributed by atoms with Crippen molar-refractivity contribution in [2.75, 3.05) is 31.1 Å². The van der Waals surface area contributed by atoms with Crippen molar-refractivity contribution in [1.82, 2.24) is 20.1 Å². The lowest BCUT2D eigenvalue weighted by molar-refractivity contribution is 0.0746. The molecule has 3 rings (SSSR count). The van der Waals surface area contributed by atoms with Crippen molar-refractivity contribution in [1.29, 1.82) is 0 Å². The van der Waals surface area contributed by atoms with E-state index in [2.05, 4.69) is 36.0 Å². The number of piperazine rings is 1. The molecule has 1 aliphatic heterocycles. The number of carbonyl (C=O) groups is 1. The summed E-state index contributed by atoms with van der Waals surface area (Å²) in [6.45, 7) is 2.89. The standard InChI is InChI=1S/C13H14BrN5O/c14-11-3-1-2-10(8-11)12(20)18-4-6-19(7-5-18)13-15-9-16-17-13/h1-3,8-9H,4-7H2,(H,15,16,17). The number of nitrogens with zero attached hydrogens (tertiary/aromatic N) is 4. The molecule has 2 aromatic rings. The maximum absolute atomic E-state index is 12.4. The van der Waals surface area contributed by atoms with E-state index in [4.69, 9.17) is 0 Å². The highest BCUT2D eigenvalue weighted by atomic mass is 79.9. The van der Waals surface area contributed by atoms with Gasteiger partial charge in [-0.3, -0.25) is 4.79 Å². The highest BCUT2D eigenvalue weighted by Gasteiger charge is 2.23. The van der Waals surface area contributed by atoms with E-state index in [9.17, 15) is 4.79 Å². The number of carbonyl (C=O) groups excluding carboxylic acids is 1. The summed E-state index contributed by atoms with van der Waals surface area (Å²) in [7, 11) is 0. The molecular formula is C13H14BrN5O. The molecule has 1 N–H and O–H groups in total. The maximum Gasteiger partial charge on any atom is 0.254 e. The number of halogens is 1. The lowest BCUT2D eigenvalue weighted by atomic mass is 10.2. The Kier molecular flexibility index (Phi) is 3.68. The normalized spacial score (nSPS) is 15.4. The fourth-order valence-corrected chi connectivity index (χ4v) is 2.68. The second-order valence-corrected chi connectivity index (χ2v) is 5.51. The van der Waals surface area contributed by atoms with Crippen molar-refractivity contribution in [2.45, 2.75) is 0 Å². The molecule has 1 aromatic heterocycles. The lowest BCUT2D eigenvalue weighted by Gasteiger charge is -2.34. The number of amides is 1. The summed E-state index contributed by atoms with van der Waals surface area (Å²) in [4.78, 5) is 20.5. The first-order valence-corrected chi connectivity index (χ1v) is 7.18. The fourth-order valence-electron chi connectivity index (χ4n) is 2.28. The highest BCUT2D eigenvalue weighted by Crippen LogP contribution is 2.15. The summed E-state index contributed by atoms with van der Waals surface area (Å²) in [5, 5.41) is 6.69. The zero-order chi connectivity index (χ0) is 13.9. The third kappa shape index (κ3) is 2.67. The first-order chi connectivity index (χ1) is 9.74. The summed E-state index contributed by atoms with van der Waals surface area (Å²) in [5.74, 6) is 0.836. The number of nitrogens with one attached hydrogen (secondary N) is 1. The minimum Gasteiger partial charge on any atom is -0.338 e. The van der Waals surface area contributed by atoms with Crippen LogP contribution in [0.5, 0.6) is 0 Å². The quantitative estimate of drug-likeness (QED) is 0.903. The average Bonchev–Trinajstić information content (AvgIpc) is 3.01. The number of anilines is 1. The van der Waals surface area contributed by atoms with Gasteiger partial charge < -0.3 is 9.80 Å². The van der Waals surface area contributed by atoms with Crippen LogP contribution in [0, 0.1) is 0 Å². The van der Waals surface area contributed by atoms with Crippen molar-refractivity contribution >= 4 is 27.8 Å². The van der Waals surface area contributed by atoms with Gasteiger partial charge in [0.05, 0.1) is 0 Å². The summed E-state index contributed by atoms with van der Waals surface area (Å²) < 4.78 is 0.920. The Balaban J connectivity index is 1.65. The van der Waals surface area contributed by atoms with Crippen LogP contribution in [0.2, 0.25) is 0 Å². The molecule has 1 fully saturated rings. The summed E-state index contributed by atoms with van der Waals surface area (Å²) in [6, 6.07) is 7.49. The van der Waals surface area contributed by atoms with Crippen LogP contribution in [0.3, 0.4) is 0 Å². The van der Waals surface area contributed by atoms with Gasteiger partial charge in [0.1, 0.15) is 6.33 Å². The predicted molar refractivity (Wildman–Crippen MR) is 78.6 cm³/mol. The number of H-pyrrole nitrogens is 1. The molecule has 1 saturated heterocycles. The van der Waals surface area contributed by atoms with E-state index in [1.807, 2.05) is 29.2 Å². The van der Waals surface area contributed by atoms with E-state index in [-0.39, 0.29) is 5.91 Å². The molecule has 0 unspecified atom stereocenters. The second kappa shape index (κ2) is 5.62. The van der Waals surface area contributed by atoms with E-state index in [1.165, 1.54) is 6.33 Å². The first-order valence-electron chi connectivity index (χ1n) is 6.39. The summed E-state index contributed by atoms with van der Waals surface area (Å²) in [6.07, 6.45) is 1.49. The molecule has 0 saturated carbocycles. The van der Waals surface area contributed by atoms with Crippen LogP contribution < -0.4 is 4.90 Å². The van der Waals surface area contributed by atoms with E-state index < -0.39 is 0 Å². The van der Waals surface area contributed by atoms with Gasteiger partial charge in [-0.2, -0.15) is 10.1 Å². The highest BCUT2D eigenvalue weighted by molar-refractivity contribution is 9.10. The fraction of sp³-hybridized carbons (Fsp3) is 0.308. The Morgan fingerprint density at radius 3 is 2.70 bits per heavy atom. The smallest absolute Gasteiger partial charge is 0.254 e. The number of rotatable bonds is 2. The van der Waals surface area contributed by atoms with E-state index in [1.54, 1.807) is 0 Å². The molecule has 0 atom stereocenters. The van der Waals surface area contributed by atoms with Crippen molar-refractivity contribution < 1.29 is 4.79 Å². The molecule has 1 amide bonds. The predicted octanol–water partition coefficient (Wildman–Crippen LogP) is 1.53. The zero-order valence-electron chi connectivity index (χ0n) is 10.8. The molecule has 20 heavy (non-hydrogen) atoms. The van der Waals surface area contributed by atoms with Crippen LogP contribution in [0.4, 0.5) is 5.95 Å². The Labute approximate surface area is 124 Å². The molecule has 2 heterocycles. The minimum absolute atomic E-state index is 0.0727. The lowest BCUT2D eigenvalue weighted by Crippen LogP contribution is -2.49. The topological polar surface area (TPSA) is 65.1 Å². The van der Waals surface area contributed by atoms with Crippen molar-refractivity contribution in [3.8, 4) is 0 Å². The SMILES string of the molecule is O=C(c1cccc(Br)c1)N1CCN(c2ncn[nH]2)CC1. The van der Waals surface area contributed by atoms with Gasteiger partial charge in [0.25, 0.3) is 5.91 Å². The van der Waals surface area contributed by atoms with Crippen LogP contribution in [0.1, 0.15) is 10.4 Å². The molecule has 0 bridgehead atoms. The Hall–Kier alpha value is -1.89. The molecule has 1 aliphatic rings. The Morgan fingerprint density at radius 2 is 2.05 bits per heavy atom. The largest absolute Gasteiger partial charge is 0.338 e. The minimum atomic E-state index is 0.0727. The van der Waals surface area contributed by atoms with E-state index >= 15 is 0 Å². The number of aromatic amines is 1. The van der Waals surface area contributed by atoms with Crippen LogP contribution in [-0.2, 0) is 0 Å². The third-order valence-electron chi connectivity index (χ3n) is 3.34.